The number of hydrogen-bond acceptors (Lipinski definition) is 4. The van der Waals surface area contributed by atoms with Gasteiger partial charge in [-0.05, 0) is 38.4 Å². The number of thiazole rings is 1. The topological polar surface area (TPSA) is 45.2 Å². The zero-order valence-electron chi connectivity index (χ0n) is 14.3. The zero-order valence-corrected chi connectivity index (χ0v) is 15.1. The van der Waals surface area contributed by atoms with Crippen molar-refractivity contribution in [3.8, 4) is 0 Å². The second-order valence-corrected chi connectivity index (χ2v) is 6.98. The molecule has 2 rings (SSSR count). The standard InChI is InChI=1S/C18H25N3OS/c1-5-15-6-8-16(9-7-15)13(2)19-18(22)11-21(4)10-17-12-23-14(3)20-17/h6-9,12-13H,5,10-11H2,1-4H3,(H,19,22). The summed E-state index contributed by atoms with van der Waals surface area (Å²) in [5, 5.41) is 6.16. The molecule has 1 unspecified atom stereocenters. The molecule has 1 aromatic carbocycles. The summed E-state index contributed by atoms with van der Waals surface area (Å²) in [6.07, 6.45) is 1.03. The molecule has 1 N–H and O–H groups in total. The van der Waals surface area contributed by atoms with Crippen LogP contribution in [0.1, 0.15) is 41.7 Å². The molecule has 0 bridgehead atoms. The van der Waals surface area contributed by atoms with Gasteiger partial charge in [-0.1, -0.05) is 31.2 Å². The Bertz CT molecular complexity index is 636. The molecular weight excluding hydrogens is 306 g/mol. The lowest BCUT2D eigenvalue weighted by molar-refractivity contribution is -0.122. The minimum absolute atomic E-state index is 0.0170. The van der Waals surface area contributed by atoms with Gasteiger partial charge in [0, 0.05) is 11.9 Å². The first-order valence-electron chi connectivity index (χ1n) is 7.95. The van der Waals surface area contributed by atoms with Crippen LogP contribution >= 0.6 is 11.3 Å². The van der Waals surface area contributed by atoms with Gasteiger partial charge in [-0.3, -0.25) is 9.69 Å². The maximum Gasteiger partial charge on any atom is 0.234 e. The number of nitrogens with one attached hydrogen (secondary N) is 1. The summed E-state index contributed by atoms with van der Waals surface area (Å²) in [7, 11) is 1.94. The third-order valence-electron chi connectivity index (χ3n) is 3.78. The van der Waals surface area contributed by atoms with Gasteiger partial charge in [0.2, 0.25) is 5.91 Å². The number of rotatable bonds is 7. The molecule has 0 radical (unpaired) electrons. The normalized spacial score (nSPS) is 12.4. The van der Waals surface area contributed by atoms with E-state index in [0.717, 1.165) is 22.7 Å². The Hall–Kier alpha value is -1.72. The van der Waals surface area contributed by atoms with Gasteiger partial charge in [0.05, 0.1) is 23.3 Å². The van der Waals surface area contributed by atoms with Crippen molar-refractivity contribution in [2.45, 2.75) is 39.8 Å². The van der Waals surface area contributed by atoms with Gasteiger partial charge in [-0.15, -0.1) is 11.3 Å². The molecule has 23 heavy (non-hydrogen) atoms. The number of hydrogen-bond donors (Lipinski definition) is 1. The molecule has 0 saturated carbocycles. The maximum absolute atomic E-state index is 12.2. The quantitative estimate of drug-likeness (QED) is 0.846. The fraction of sp³-hybridized carbons (Fsp3) is 0.444. The van der Waals surface area contributed by atoms with Crippen LogP contribution in [-0.4, -0.2) is 29.4 Å². The van der Waals surface area contributed by atoms with E-state index in [4.69, 9.17) is 0 Å². The Balaban J connectivity index is 1.82. The molecule has 1 heterocycles. The summed E-state index contributed by atoms with van der Waals surface area (Å²) in [5.41, 5.74) is 3.46. The number of nitrogens with zero attached hydrogens (tertiary/aromatic N) is 2. The van der Waals surface area contributed by atoms with Gasteiger partial charge >= 0.3 is 0 Å². The van der Waals surface area contributed by atoms with Crippen LogP contribution < -0.4 is 5.32 Å². The lowest BCUT2D eigenvalue weighted by Crippen LogP contribution is -2.36. The Morgan fingerprint density at radius 3 is 2.61 bits per heavy atom. The van der Waals surface area contributed by atoms with E-state index in [1.165, 1.54) is 5.56 Å². The average molecular weight is 331 g/mol. The molecule has 1 aromatic heterocycles. The van der Waals surface area contributed by atoms with Crippen LogP contribution in [0.25, 0.3) is 0 Å². The first kappa shape index (κ1) is 17.6. The van der Waals surface area contributed by atoms with Crippen LogP contribution in [0.2, 0.25) is 0 Å². The van der Waals surface area contributed by atoms with Crippen molar-refractivity contribution in [1.29, 1.82) is 0 Å². The summed E-state index contributed by atoms with van der Waals surface area (Å²) in [5.74, 6) is 0.0338. The van der Waals surface area contributed by atoms with Crippen LogP contribution in [-0.2, 0) is 17.8 Å². The highest BCUT2D eigenvalue weighted by molar-refractivity contribution is 7.09. The van der Waals surface area contributed by atoms with Crippen LogP contribution in [0, 0.1) is 6.92 Å². The van der Waals surface area contributed by atoms with Crippen molar-refractivity contribution >= 4 is 17.2 Å². The second kappa shape index (κ2) is 8.22. The number of aromatic nitrogens is 1. The molecule has 124 valence electrons. The lowest BCUT2D eigenvalue weighted by Gasteiger charge is -2.18. The monoisotopic (exact) mass is 331 g/mol. The van der Waals surface area contributed by atoms with E-state index in [1.54, 1.807) is 11.3 Å². The molecule has 5 heteroatoms. The second-order valence-electron chi connectivity index (χ2n) is 5.91. The van der Waals surface area contributed by atoms with Crippen molar-refractivity contribution in [3.63, 3.8) is 0 Å². The number of amides is 1. The van der Waals surface area contributed by atoms with Gasteiger partial charge in [0.1, 0.15) is 0 Å². The molecule has 2 aromatic rings. The Morgan fingerprint density at radius 1 is 1.35 bits per heavy atom. The maximum atomic E-state index is 12.2. The molecule has 0 spiro atoms. The average Bonchev–Trinajstić information content (AvgIpc) is 2.91. The van der Waals surface area contributed by atoms with E-state index >= 15 is 0 Å². The SMILES string of the molecule is CCc1ccc(C(C)NC(=O)CN(C)Cc2csc(C)n2)cc1. The molecule has 0 aliphatic rings. The summed E-state index contributed by atoms with van der Waals surface area (Å²) in [4.78, 5) is 18.6. The minimum Gasteiger partial charge on any atom is -0.348 e. The van der Waals surface area contributed by atoms with Gasteiger partial charge in [-0.2, -0.15) is 0 Å². The van der Waals surface area contributed by atoms with Gasteiger partial charge in [0.15, 0.2) is 0 Å². The third-order valence-corrected chi connectivity index (χ3v) is 4.60. The molecule has 1 amide bonds. The lowest BCUT2D eigenvalue weighted by atomic mass is 10.1. The van der Waals surface area contributed by atoms with Crippen molar-refractivity contribution in [2.75, 3.05) is 13.6 Å². The first-order chi connectivity index (χ1) is 11.0. The highest BCUT2D eigenvalue weighted by atomic mass is 32.1. The summed E-state index contributed by atoms with van der Waals surface area (Å²) in [6.45, 7) is 7.21. The van der Waals surface area contributed by atoms with Crippen molar-refractivity contribution in [1.82, 2.24) is 15.2 Å². The Labute approximate surface area is 142 Å². The molecular formula is C18H25N3OS. The van der Waals surface area contributed by atoms with Crippen LogP contribution in [0.15, 0.2) is 29.6 Å². The molecule has 0 fully saturated rings. The molecule has 0 aliphatic heterocycles. The summed E-state index contributed by atoms with van der Waals surface area (Å²) in [6, 6.07) is 8.43. The van der Waals surface area contributed by atoms with Gasteiger partial charge in [-0.25, -0.2) is 4.98 Å². The minimum atomic E-state index is 0.0170. The van der Waals surface area contributed by atoms with Crippen LogP contribution in [0.5, 0.6) is 0 Å². The van der Waals surface area contributed by atoms with E-state index in [1.807, 2.05) is 31.2 Å². The van der Waals surface area contributed by atoms with Crippen molar-refractivity contribution < 1.29 is 4.79 Å². The Morgan fingerprint density at radius 2 is 2.04 bits per heavy atom. The molecule has 4 nitrogen and oxygen atoms in total. The van der Waals surface area contributed by atoms with E-state index in [0.29, 0.717) is 13.1 Å². The highest BCUT2D eigenvalue weighted by Gasteiger charge is 2.12. The molecule has 1 atom stereocenters. The van der Waals surface area contributed by atoms with Gasteiger partial charge < -0.3 is 5.32 Å². The number of likely N-dealkylation sites (N-methyl/N-ethyl adjacent to an activating group) is 1. The number of aryl methyl sites for hydroxylation is 2. The smallest absolute Gasteiger partial charge is 0.234 e. The number of carbonyl (C=O) groups excluding carboxylic acids is 1. The van der Waals surface area contributed by atoms with E-state index in [9.17, 15) is 4.79 Å². The third kappa shape index (κ3) is 5.44. The number of carbonyl (C=O) groups is 1. The largest absolute Gasteiger partial charge is 0.348 e. The summed E-state index contributed by atoms with van der Waals surface area (Å²) < 4.78 is 0. The van der Waals surface area contributed by atoms with Gasteiger partial charge in [0.25, 0.3) is 0 Å². The zero-order chi connectivity index (χ0) is 16.8. The van der Waals surface area contributed by atoms with Crippen molar-refractivity contribution in [2.24, 2.45) is 0 Å². The van der Waals surface area contributed by atoms with Crippen LogP contribution in [0.4, 0.5) is 0 Å². The molecule has 0 saturated heterocycles. The fourth-order valence-electron chi connectivity index (χ4n) is 2.47. The van der Waals surface area contributed by atoms with Crippen molar-refractivity contribution in [3.05, 3.63) is 51.5 Å². The van der Waals surface area contributed by atoms with E-state index < -0.39 is 0 Å². The predicted octanol–water partition coefficient (Wildman–Crippen LogP) is 3.32. The Kier molecular flexibility index (Phi) is 6.30. The van der Waals surface area contributed by atoms with E-state index in [2.05, 4.69) is 41.5 Å². The molecule has 0 aliphatic carbocycles. The van der Waals surface area contributed by atoms with Crippen LogP contribution in [0.3, 0.4) is 0 Å². The summed E-state index contributed by atoms with van der Waals surface area (Å²) >= 11 is 1.64. The first-order valence-corrected chi connectivity index (χ1v) is 8.83. The fourth-order valence-corrected chi connectivity index (χ4v) is 3.07. The van der Waals surface area contributed by atoms with E-state index in [-0.39, 0.29) is 11.9 Å². The highest BCUT2D eigenvalue weighted by Crippen LogP contribution is 2.14. The number of benzene rings is 1. The predicted molar refractivity (Wildman–Crippen MR) is 95.6 cm³/mol.